The van der Waals surface area contributed by atoms with E-state index in [1.54, 1.807) is 30.3 Å². The van der Waals surface area contributed by atoms with E-state index in [4.69, 9.17) is 39.5 Å². The van der Waals surface area contributed by atoms with Gasteiger partial charge in [0.1, 0.15) is 12.4 Å². The van der Waals surface area contributed by atoms with Crippen LogP contribution < -0.4 is 4.74 Å². The number of nitrogens with zero attached hydrogens (tertiary/aromatic N) is 2. The Kier molecular flexibility index (Phi) is 8.10. The molecule has 0 saturated carbocycles. The van der Waals surface area contributed by atoms with Crippen molar-refractivity contribution in [2.24, 2.45) is 0 Å². The van der Waals surface area contributed by atoms with Crippen LogP contribution in [0.2, 0.25) is 15.1 Å². The molecule has 1 saturated heterocycles. The predicted octanol–water partition coefficient (Wildman–Crippen LogP) is 8.87. The quantitative estimate of drug-likeness (QED) is 0.200. The maximum atomic E-state index is 13.1. The van der Waals surface area contributed by atoms with Crippen molar-refractivity contribution >= 4 is 63.8 Å². The van der Waals surface area contributed by atoms with E-state index in [0.29, 0.717) is 32.3 Å². The second kappa shape index (κ2) is 11.5. The predicted molar refractivity (Wildman–Crippen MR) is 159 cm³/mol. The van der Waals surface area contributed by atoms with Crippen LogP contribution >= 0.6 is 46.6 Å². The van der Waals surface area contributed by atoms with Crippen molar-refractivity contribution in [3.05, 3.63) is 121 Å². The third-order valence-electron chi connectivity index (χ3n) is 6.39. The number of thioether (sulfide) groups is 1. The minimum absolute atomic E-state index is 0.205. The Morgan fingerprint density at radius 3 is 2.26 bits per heavy atom. The van der Waals surface area contributed by atoms with Crippen molar-refractivity contribution in [3.8, 4) is 11.4 Å². The summed E-state index contributed by atoms with van der Waals surface area (Å²) in [6, 6.07) is 22.2. The topological polar surface area (TPSA) is 51.5 Å². The van der Waals surface area contributed by atoms with Crippen LogP contribution in [0.15, 0.2) is 77.7 Å². The molecule has 0 spiro atoms. The molecule has 1 aromatic heterocycles. The Labute approximate surface area is 245 Å². The van der Waals surface area contributed by atoms with Crippen LogP contribution in [-0.4, -0.2) is 20.6 Å². The largest absolute Gasteiger partial charge is 0.489 e. The van der Waals surface area contributed by atoms with Crippen LogP contribution in [0.1, 0.15) is 28.1 Å². The number of imide groups is 1. The lowest BCUT2D eigenvalue weighted by Gasteiger charge is -2.12. The summed E-state index contributed by atoms with van der Waals surface area (Å²) >= 11 is 19.1. The summed E-state index contributed by atoms with van der Waals surface area (Å²) in [5.74, 6) is 0.411. The molecule has 5 nitrogen and oxygen atoms in total. The molecule has 198 valence electrons. The lowest BCUT2D eigenvalue weighted by atomic mass is 10.2. The maximum absolute atomic E-state index is 13.1. The Bertz CT molecular complexity index is 1600. The van der Waals surface area contributed by atoms with Crippen LogP contribution in [-0.2, 0) is 17.9 Å². The van der Waals surface area contributed by atoms with Crippen molar-refractivity contribution in [3.63, 3.8) is 0 Å². The van der Waals surface area contributed by atoms with E-state index in [1.807, 2.05) is 62.4 Å². The van der Waals surface area contributed by atoms with Crippen LogP contribution in [0.5, 0.6) is 5.75 Å². The van der Waals surface area contributed by atoms with E-state index in [9.17, 15) is 9.59 Å². The number of carbonyl (C=O) groups excluding carboxylic acids is 2. The van der Waals surface area contributed by atoms with Gasteiger partial charge in [0.25, 0.3) is 11.1 Å². The van der Waals surface area contributed by atoms with E-state index >= 15 is 0 Å². The highest BCUT2D eigenvalue weighted by Gasteiger charge is 2.35. The van der Waals surface area contributed by atoms with Crippen LogP contribution in [0.25, 0.3) is 11.8 Å². The highest BCUT2D eigenvalue weighted by molar-refractivity contribution is 8.18. The van der Waals surface area contributed by atoms with Crippen LogP contribution in [0.4, 0.5) is 4.79 Å². The molecule has 1 aliphatic heterocycles. The summed E-state index contributed by atoms with van der Waals surface area (Å²) < 4.78 is 8.01. The highest BCUT2D eigenvalue weighted by Crippen LogP contribution is 2.35. The van der Waals surface area contributed by atoms with E-state index < -0.39 is 0 Å². The normalized spacial score (nSPS) is 14.5. The summed E-state index contributed by atoms with van der Waals surface area (Å²) in [5, 5.41) is 1.46. The summed E-state index contributed by atoms with van der Waals surface area (Å²) in [6.07, 6.45) is 1.79. The molecule has 0 unspecified atom stereocenters. The molecule has 2 amide bonds. The smallest absolute Gasteiger partial charge is 0.293 e. The fourth-order valence-electron chi connectivity index (χ4n) is 4.37. The van der Waals surface area contributed by atoms with Gasteiger partial charge in [-0.3, -0.25) is 14.5 Å². The van der Waals surface area contributed by atoms with Gasteiger partial charge in [-0.1, -0.05) is 53.0 Å². The second-order valence-electron chi connectivity index (χ2n) is 9.07. The van der Waals surface area contributed by atoms with Gasteiger partial charge < -0.3 is 9.30 Å². The molecular formula is C30H23Cl3N2O3S. The third-order valence-corrected chi connectivity index (χ3v) is 8.14. The Morgan fingerprint density at radius 1 is 0.872 bits per heavy atom. The van der Waals surface area contributed by atoms with E-state index in [2.05, 4.69) is 4.57 Å². The fourth-order valence-corrected chi connectivity index (χ4v) is 5.79. The van der Waals surface area contributed by atoms with Gasteiger partial charge >= 0.3 is 0 Å². The first kappa shape index (κ1) is 27.4. The van der Waals surface area contributed by atoms with Crippen molar-refractivity contribution in [1.29, 1.82) is 0 Å². The summed E-state index contributed by atoms with van der Waals surface area (Å²) in [4.78, 5) is 27.3. The minimum Gasteiger partial charge on any atom is -0.489 e. The number of aryl methyl sites for hydroxylation is 1. The lowest BCUT2D eigenvalue weighted by Crippen LogP contribution is -2.27. The number of carbonyl (C=O) groups is 2. The molecule has 0 radical (unpaired) electrons. The van der Waals surface area contributed by atoms with Crippen molar-refractivity contribution in [1.82, 2.24) is 9.47 Å². The number of amides is 2. The van der Waals surface area contributed by atoms with E-state index in [0.717, 1.165) is 45.5 Å². The first-order valence-corrected chi connectivity index (χ1v) is 14.0. The van der Waals surface area contributed by atoms with Crippen molar-refractivity contribution in [2.75, 3.05) is 0 Å². The van der Waals surface area contributed by atoms with Gasteiger partial charge in [0, 0.05) is 37.7 Å². The number of ether oxygens (including phenoxy) is 1. The molecule has 4 aromatic rings. The Balaban J connectivity index is 1.31. The van der Waals surface area contributed by atoms with Crippen molar-refractivity contribution in [2.45, 2.75) is 27.0 Å². The zero-order chi connectivity index (χ0) is 27.7. The molecule has 2 heterocycles. The molecule has 3 aromatic carbocycles. The number of aromatic nitrogens is 1. The number of hydrogen-bond donors (Lipinski definition) is 0. The number of rotatable bonds is 7. The molecule has 0 atom stereocenters. The van der Waals surface area contributed by atoms with Gasteiger partial charge in [0.15, 0.2) is 0 Å². The summed E-state index contributed by atoms with van der Waals surface area (Å²) in [5.41, 5.74) is 5.48. The molecule has 5 rings (SSSR count). The van der Waals surface area contributed by atoms with Crippen LogP contribution in [0.3, 0.4) is 0 Å². The average Bonchev–Trinajstić information content (AvgIpc) is 3.33. The first-order valence-electron chi connectivity index (χ1n) is 12.1. The third kappa shape index (κ3) is 6.04. The standard InChI is InChI=1S/C30H23Cl3N2O3S/c1-18-13-22(14-28-29(36)34(30(37)39-28)16-20-3-6-23(31)7-4-20)19(2)35(18)25-9-11-26(12-10-25)38-17-21-5-8-24(32)15-27(21)33/h3-15H,16-17H2,1-2H3/b28-14+. The van der Waals surface area contributed by atoms with E-state index in [1.165, 1.54) is 4.90 Å². The maximum Gasteiger partial charge on any atom is 0.293 e. The fraction of sp³-hybridized carbons (Fsp3) is 0.133. The molecule has 1 fully saturated rings. The number of halogens is 3. The lowest BCUT2D eigenvalue weighted by molar-refractivity contribution is -0.123. The Morgan fingerprint density at radius 2 is 1.56 bits per heavy atom. The summed E-state index contributed by atoms with van der Waals surface area (Å²) in [6.45, 7) is 4.53. The summed E-state index contributed by atoms with van der Waals surface area (Å²) in [7, 11) is 0. The molecule has 0 N–H and O–H groups in total. The van der Waals surface area contributed by atoms with Crippen molar-refractivity contribution < 1.29 is 14.3 Å². The van der Waals surface area contributed by atoms with Gasteiger partial charge in [-0.15, -0.1) is 0 Å². The molecular weight excluding hydrogens is 575 g/mol. The molecule has 9 heteroatoms. The average molecular weight is 598 g/mol. The molecule has 1 aliphatic rings. The SMILES string of the molecule is Cc1cc(/C=C2/SC(=O)N(Cc3ccc(Cl)cc3)C2=O)c(C)n1-c1ccc(OCc2ccc(Cl)cc2Cl)cc1. The second-order valence-corrected chi connectivity index (χ2v) is 11.3. The number of hydrogen-bond acceptors (Lipinski definition) is 4. The molecule has 0 aliphatic carbocycles. The molecule has 39 heavy (non-hydrogen) atoms. The monoisotopic (exact) mass is 596 g/mol. The van der Waals surface area contributed by atoms with Gasteiger partial charge in [0.05, 0.1) is 11.4 Å². The first-order chi connectivity index (χ1) is 18.7. The zero-order valence-corrected chi connectivity index (χ0v) is 24.2. The van der Waals surface area contributed by atoms with Gasteiger partial charge in [-0.05, 0) is 97.4 Å². The van der Waals surface area contributed by atoms with Gasteiger partial charge in [0.2, 0.25) is 0 Å². The number of benzene rings is 3. The molecule has 0 bridgehead atoms. The van der Waals surface area contributed by atoms with Gasteiger partial charge in [-0.2, -0.15) is 0 Å². The minimum atomic E-state index is -0.299. The van der Waals surface area contributed by atoms with Crippen LogP contribution in [0, 0.1) is 13.8 Å². The highest BCUT2D eigenvalue weighted by atomic mass is 35.5. The van der Waals surface area contributed by atoms with Gasteiger partial charge in [-0.25, -0.2) is 0 Å². The Hall–Kier alpha value is -3.16. The van der Waals surface area contributed by atoms with E-state index in [-0.39, 0.29) is 17.7 Å². The zero-order valence-electron chi connectivity index (χ0n) is 21.1.